The minimum atomic E-state index is -1.02. The molecule has 3 rings (SSSR count). The van der Waals surface area contributed by atoms with Crippen molar-refractivity contribution in [2.75, 3.05) is 5.32 Å². The molecule has 6 heteroatoms. The van der Waals surface area contributed by atoms with Crippen LogP contribution in [0.1, 0.15) is 60.8 Å². The van der Waals surface area contributed by atoms with Gasteiger partial charge in [-0.2, -0.15) is 0 Å². The van der Waals surface area contributed by atoms with E-state index in [1.165, 1.54) is 0 Å². The molecule has 0 saturated heterocycles. The van der Waals surface area contributed by atoms with Gasteiger partial charge in [-0.05, 0) is 55.2 Å². The molecular weight excluding hydrogens is 378 g/mol. The molecule has 0 amide bonds. The van der Waals surface area contributed by atoms with E-state index in [0.717, 1.165) is 17.5 Å². The molecule has 0 bridgehead atoms. The van der Waals surface area contributed by atoms with Crippen LogP contribution >= 0.6 is 0 Å². The highest BCUT2D eigenvalue weighted by molar-refractivity contribution is 5.90. The third kappa shape index (κ3) is 5.41. The summed E-state index contributed by atoms with van der Waals surface area (Å²) in [6, 6.07) is 13.9. The number of benzene rings is 1. The van der Waals surface area contributed by atoms with Crippen LogP contribution in [-0.2, 0) is 4.79 Å². The van der Waals surface area contributed by atoms with Crippen molar-refractivity contribution in [2.24, 2.45) is 5.92 Å². The number of carbonyl (C=O) groups is 2. The second-order valence-corrected chi connectivity index (χ2v) is 7.96. The lowest BCUT2D eigenvalue weighted by Crippen LogP contribution is -2.19. The topological polar surface area (TPSA) is 92.2 Å². The number of nitrogens with one attached hydrogen (secondary N) is 1. The number of rotatable bonds is 9. The van der Waals surface area contributed by atoms with Crippen LogP contribution in [0.2, 0.25) is 0 Å². The molecule has 2 heterocycles. The van der Waals surface area contributed by atoms with Crippen molar-refractivity contribution in [3.05, 3.63) is 65.4 Å². The summed E-state index contributed by atoms with van der Waals surface area (Å²) in [6.07, 6.45) is 1.47. The van der Waals surface area contributed by atoms with Gasteiger partial charge in [0.2, 0.25) is 0 Å². The molecule has 3 aromatic rings. The molecule has 2 aromatic heterocycles. The highest BCUT2D eigenvalue weighted by Crippen LogP contribution is 2.27. The summed E-state index contributed by atoms with van der Waals surface area (Å²) in [4.78, 5) is 33.4. The van der Waals surface area contributed by atoms with Gasteiger partial charge in [0.1, 0.15) is 11.6 Å². The van der Waals surface area contributed by atoms with Crippen molar-refractivity contribution >= 4 is 28.6 Å². The van der Waals surface area contributed by atoms with E-state index >= 15 is 0 Å². The maximum absolute atomic E-state index is 12.6. The van der Waals surface area contributed by atoms with Gasteiger partial charge in [-0.15, -0.1) is 0 Å². The van der Waals surface area contributed by atoms with Crippen molar-refractivity contribution in [3.63, 3.8) is 0 Å². The third-order valence-electron chi connectivity index (χ3n) is 5.01. The Morgan fingerprint density at radius 1 is 1.03 bits per heavy atom. The number of pyridine rings is 2. The van der Waals surface area contributed by atoms with Gasteiger partial charge in [0, 0.05) is 23.9 Å². The summed E-state index contributed by atoms with van der Waals surface area (Å²) < 4.78 is 0. The standard InChI is InChI=1S/C24H27N3O3/c1-15(2)8-12-18(28)14-21(19-6-4-5-7-20(19)24(29)30)26-22-13-11-17-10-9-16(3)25-23(17)27-22/h4-7,9-11,13,15,21H,8,12,14H2,1-3H3,(H,29,30)(H,25,26,27). The summed E-state index contributed by atoms with van der Waals surface area (Å²) in [6.45, 7) is 6.06. The quantitative estimate of drug-likeness (QED) is 0.509. The molecule has 0 aliphatic carbocycles. The highest BCUT2D eigenvalue weighted by atomic mass is 16.4. The van der Waals surface area contributed by atoms with Crippen LogP contribution < -0.4 is 5.32 Å². The SMILES string of the molecule is Cc1ccc2ccc(NC(CC(=O)CCC(C)C)c3ccccc3C(=O)O)nc2n1. The number of aryl methyl sites for hydroxylation is 1. The van der Waals surface area contributed by atoms with E-state index in [1.807, 2.05) is 31.2 Å². The Bertz CT molecular complexity index is 1060. The molecule has 0 saturated carbocycles. The van der Waals surface area contributed by atoms with Gasteiger partial charge in [0.15, 0.2) is 5.65 Å². The monoisotopic (exact) mass is 405 g/mol. The number of carboxylic acid groups (broad SMARTS) is 1. The van der Waals surface area contributed by atoms with Crippen LogP contribution in [0.15, 0.2) is 48.5 Å². The van der Waals surface area contributed by atoms with Crippen LogP contribution in [0.4, 0.5) is 5.82 Å². The van der Waals surface area contributed by atoms with Crippen LogP contribution in [0, 0.1) is 12.8 Å². The Kier molecular flexibility index (Phi) is 6.77. The number of hydrogen-bond donors (Lipinski definition) is 2. The van der Waals surface area contributed by atoms with Crippen molar-refractivity contribution in [1.29, 1.82) is 0 Å². The first-order chi connectivity index (χ1) is 14.3. The summed E-state index contributed by atoms with van der Waals surface area (Å²) >= 11 is 0. The average Bonchev–Trinajstić information content (AvgIpc) is 2.71. The zero-order valence-corrected chi connectivity index (χ0v) is 17.6. The molecule has 0 aliphatic heterocycles. The Morgan fingerprint density at radius 3 is 2.50 bits per heavy atom. The van der Waals surface area contributed by atoms with Gasteiger partial charge < -0.3 is 10.4 Å². The van der Waals surface area contributed by atoms with Crippen molar-refractivity contribution in [2.45, 2.75) is 46.1 Å². The van der Waals surface area contributed by atoms with E-state index < -0.39 is 12.0 Å². The highest BCUT2D eigenvalue weighted by Gasteiger charge is 2.22. The number of aromatic carboxylic acids is 1. The van der Waals surface area contributed by atoms with E-state index in [1.54, 1.807) is 24.3 Å². The fourth-order valence-corrected chi connectivity index (χ4v) is 3.37. The Balaban J connectivity index is 1.93. The lowest BCUT2D eigenvalue weighted by Gasteiger charge is -2.21. The van der Waals surface area contributed by atoms with Gasteiger partial charge in [-0.25, -0.2) is 14.8 Å². The molecule has 0 spiro atoms. The predicted molar refractivity (Wildman–Crippen MR) is 118 cm³/mol. The van der Waals surface area contributed by atoms with E-state index in [-0.39, 0.29) is 17.8 Å². The smallest absolute Gasteiger partial charge is 0.336 e. The zero-order valence-electron chi connectivity index (χ0n) is 17.6. The first-order valence-electron chi connectivity index (χ1n) is 10.2. The number of nitrogens with zero attached hydrogens (tertiary/aromatic N) is 2. The summed E-state index contributed by atoms with van der Waals surface area (Å²) in [7, 11) is 0. The van der Waals surface area contributed by atoms with Crippen LogP contribution in [0.5, 0.6) is 0 Å². The average molecular weight is 405 g/mol. The van der Waals surface area contributed by atoms with Crippen LogP contribution in [0.25, 0.3) is 11.0 Å². The lowest BCUT2D eigenvalue weighted by molar-refractivity contribution is -0.119. The molecular formula is C24H27N3O3. The summed E-state index contributed by atoms with van der Waals surface area (Å²) in [5, 5.41) is 13.8. The number of carbonyl (C=O) groups excluding carboxylic acids is 1. The molecule has 30 heavy (non-hydrogen) atoms. The van der Waals surface area contributed by atoms with Crippen molar-refractivity contribution in [3.8, 4) is 0 Å². The Morgan fingerprint density at radius 2 is 1.77 bits per heavy atom. The molecule has 0 radical (unpaired) electrons. The second kappa shape index (κ2) is 9.48. The first-order valence-corrected chi connectivity index (χ1v) is 10.2. The molecule has 156 valence electrons. The molecule has 0 fully saturated rings. The molecule has 1 atom stereocenters. The number of carboxylic acids is 1. The minimum absolute atomic E-state index is 0.0937. The second-order valence-electron chi connectivity index (χ2n) is 7.96. The predicted octanol–water partition coefficient (Wildman–Crippen LogP) is 5.19. The van der Waals surface area contributed by atoms with E-state index in [9.17, 15) is 14.7 Å². The molecule has 1 unspecified atom stereocenters. The number of hydrogen-bond acceptors (Lipinski definition) is 5. The third-order valence-corrected chi connectivity index (χ3v) is 5.01. The normalized spacial score (nSPS) is 12.1. The fraction of sp³-hybridized carbons (Fsp3) is 0.333. The maximum Gasteiger partial charge on any atom is 0.336 e. The molecule has 6 nitrogen and oxygen atoms in total. The number of fused-ring (bicyclic) bond motifs is 1. The molecule has 0 aliphatic rings. The molecule has 2 N–H and O–H groups in total. The number of anilines is 1. The summed E-state index contributed by atoms with van der Waals surface area (Å²) in [5.74, 6) is 0.0672. The minimum Gasteiger partial charge on any atom is -0.478 e. The van der Waals surface area contributed by atoms with E-state index in [0.29, 0.717) is 29.4 Å². The van der Waals surface area contributed by atoms with Gasteiger partial charge in [-0.1, -0.05) is 32.0 Å². The first kappa shape index (κ1) is 21.4. The number of aromatic nitrogens is 2. The molecule has 1 aromatic carbocycles. The van der Waals surface area contributed by atoms with Crippen LogP contribution in [-0.4, -0.2) is 26.8 Å². The largest absolute Gasteiger partial charge is 0.478 e. The zero-order chi connectivity index (χ0) is 21.7. The van der Waals surface area contributed by atoms with Gasteiger partial charge in [0.05, 0.1) is 11.6 Å². The fourth-order valence-electron chi connectivity index (χ4n) is 3.37. The van der Waals surface area contributed by atoms with Gasteiger partial charge in [0.25, 0.3) is 0 Å². The van der Waals surface area contributed by atoms with Crippen molar-refractivity contribution < 1.29 is 14.7 Å². The maximum atomic E-state index is 12.6. The van der Waals surface area contributed by atoms with Crippen molar-refractivity contribution in [1.82, 2.24) is 9.97 Å². The number of ketones is 1. The Hall–Kier alpha value is -3.28. The van der Waals surface area contributed by atoms with Gasteiger partial charge >= 0.3 is 5.97 Å². The van der Waals surface area contributed by atoms with Gasteiger partial charge in [-0.3, -0.25) is 4.79 Å². The number of Topliss-reactive ketones (excluding diaryl/α,β-unsaturated/α-hetero) is 1. The van der Waals surface area contributed by atoms with Crippen LogP contribution in [0.3, 0.4) is 0 Å². The summed E-state index contributed by atoms with van der Waals surface area (Å²) in [5.41, 5.74) is 2.23. The van der Waals surface area contributed by atoms with E-state index in [2.05, 4.69) is 29.1 Å². The lowest BCUT2D eigenvalue weighted by atomic mass is 9.94. The van der Waals surface area contributed by atoms with E-state index in [4.69, 9.17) is 0 Å². The Labute approximate surface area is 176 Å².